The van der Waals surface area contributed by atoms with Gasteiger partial charge in [0, 0.05) is 5.54 Å². The molecule has 0 aliphatic carbocycles. The lowest BCUT2D eigenvalue weighted by Crippen LogP contribution is -2.44. The first-order chi connectivity index (χ1) is 8.34. The lowest BCUT2D eigenvalue weighted by atomic mass is 10.0. The van der Waals surface area contributed by atoms with Crippen LogP contribution in [-0.2, 0) is 9.53 Å². The largest absolute Gasteiger partial charge is 0.451 e. The Balaban J connectivity index is 2.42. The number of thiophene rings is 1. The first-order valence-corrected chi connectivity index (χ1v) is 6.77. The Morgan fingerprint density at radius 3 is 2.61 bits per heavy atom. The first kappa shape index (κ1) is 15.0. The number of esters is 1. The van der Waals surface area contributed by atoms with E-state index < -0.39 is 5.97 Å². The van der Waals surface area contributed by atoms with Gasteiger partial charge < -0.3 is 10.1 Å². The molecule has 0 aromatic carbocycles. The molecule has 100 valence electrons. The number of rotatable bonds is 5. The summed E-state index contributed by atoms with van der Waals surface area (Å²) in [6.07, 6.45) is 0.799. The van der Waals surface area contributed by atoms with Crippen LogP contribution < -0.4 is 5.32 Å². The van der Waals surface area contributed by atoms with E-state index in [1.807, 2.05) is 20.8 Å². The molecule has 0 aliphatic rings. The second kappa shape index (κ2) is 6.20. The predicted molar refractivity (Wildman–Crippen MR) is 72.1 cm³/mol. The van der Waals surface area contributed by atoms with Crippen LogP contribution >= 0.6 is 22.9 Å². The van der Waals surface area contributed by atoms with Crippen LogP contribution in [0.25, 0.3) is 0 Å². The van der Waals surface area contributed by atoms with Gasteiger partial charge in [0.05, 0.1) is 4.34 Å². The number of ether oxygens (including phenoxy) is 1. The average molecular weight is 290 g/mol. The van der Waals surface area contributed by atoms with Gasteiger partial charge in [-0.25, -0.2) is 4.79 Å². The van der Waals surface area contributed by atoms with Crippen molar-refractivity contribution >= 4 is 34.8 Å². The standard InChI is InChI=1S/C12H16ClNO3S/c1-4-12(2,3)14-10(15)7-17-11(16)8-5-6-9(13)18-8/h5-6H,4,7H2,1-3H3,(H,14,15). The van der Waals surface area contributed by atoms with E-state index in [0.717, 1.165) is 17.8 Å². The fraction of sp³-hybridized carbons (Fsp3) is 0.500. The highest BCUT2D eigenvalue weighted by Crippen LogP contribution is 2.21. The molecule has 1 amide bonds. The van der Waals surface area contributed by atoms with Crippen molar-refractivity contribution in [1.29, 1.82) is 0 Å². The summed E-state index contributed by atoms with van der Waals surface area (Å²) in [5.74, 6) is -0.839. The van der Waals surface area contributed by atoms with E-state index in [1.54, 1.807) is 12.1 Å². The summed E-state index contributed by atoms with van der Waals surface area (Å²) in [5, 5.41) is 2.78. The molecule has 1 aromatic heterocycles. The van der Waals surface area contributed by atoms with Gasteiger partial charge in [-0.15, -0.1) is 11.3 Å². The third kappa shape index (κ3) is 4.66. The number of hydrogen-bond acceptors (Lipinski definition) is 4. The Bertz CT molecular complexity index is 442. The first-order valence-electron chi connectivity index (χ1n) is 5.57. The maximum absolute atomic E-state index is 11.5. The van der Waals surface area contributed by atoms with Crippen LogP contribution in [-0.4, -0.2) is 24.0 Å². The zero-order valence-corrected chi connectivity index (χ0v) is 12.2. The molecule has 1 rings (SSSR count). The zero-order valence-electron chi connectivity index (χ0n) is 10.6. The molecular weight excluding hydrogens is 274 g/mol. The molecular formula is C12H16ClNO3S. The predicted octanol–water partition coefficient (Wildman–Crippen LogP) is 2.86. The number of nitrogens with one attached hydrogen (secondary N) is 1. The van der Waals surface area contributed by atoms with Gasteiger partial charge in [-0.05, 0) is 32.4 Å². The van der Waals surface area contributed by atoms with Crippen molar-refractivity contribution in [1.82, 2.24) is 5.32 Å². The maximum Gasteiger partial charge on any atom is 0.348 e. The number of amides is 1. The monoisotopic (exact) mass is 289 g/mol. The third-order valence-electron chi connectivity index (χ3n) is 2.47. The molecule has 0 radical (unpaired) electrons. The smallest absolute Gasteiger partial charge is 0.348 e. The highest BCUT2D eigenvalue weighted by Gasteiger charge is 2.19. The summed E-state index contributed by atoms with van der Waals surface area (Å²) >= 11 is 6.83. The second-order valence-electron chi connectivity index (χ2n) is 4.47. The highest BCUT2D eigenvalue weighted by molar-refractivity contribution is 7.17. The van der Waals surface area contributed by atoms with Gasteiger partial charge in [-0.1, -0.05) is 18.5 Å². The minimum absolute atomic E-state index is 0.280. The SMILES string of the molecule is CCC(C)(C)NC(=O)COC(=O)c1ccc(Cl)s1. The molecule has 1 heterocycles. The normalized spacial score (nSPS) is 11.1. The van der Waals surface area contributed by atoms with Crippen molar-refractivity contribution in [2.75, 3.05) is 6.61 Å². The number of carbonyl (C=O) groups is 2. The molecule has 0 saturated carbocycles. The van der Waals surface area contributed by atoms with Crippen molar-refractivity contribution in [3.63, 3.8) is 0 Å². The van der Waals surface area contributed by atoms with E-state index in [2.05, 4.69) is 5.32 Å². The molecule has 0 bridgehead atoms. The highest BCUT2D eigenvalue weighted by atomic mass is 35.5. The molecule has 0 unspecified atom stereocenters. The minimum atomic E-state index is -0.531. The van der Waals surface area contributed by atoms with E-state index in [-0.39, 0.29) is 18.1 Å². The Kier molecular flexibility index (Phi) is 5.16. The summed E-state index contributed by atoms with van der Waals surface area (Å²) < 4.78 is 5.41. The van der Waals surface area contributed by atoms with Crippen molar-refractivity contribution < 1.29 is 14.3 Å². The van der Waals surface area contributed by atoms with Gasteiger partial charge in [0.15, 0.2) is 6.61 Å². The van der Waals surface area contributed by atoms with E-state index >= 15 is 0 Å². The third-order valence-corrected chi connectivity index (χ3v) is 3.68. The van der Waals surface area contributed by atoms with Crippen LogP contribution in [0.4, 0.5) is 0 Å². The molecule has 4 nitrogen and oxygen atoms in total. The van der Waals surface area contributed by atoms with Crippen LogP contribution in [0.3, 0.4) is 0 Å². The Morgan fingerprint density at radius 1 is 1.44 bits per heavy atom. The van der Waals surface area contributed by atoms with Gasteiger partial charge in [-0.2, -0.15) is 0 Å². The molecule has 0 spiro atoms. The quantitative estimate of drug-likeness (QED) is 0.848. The van der Waals surface area contributed by atoms with Crippen LogP contribution in [0.15, 0.2) is 12.1 Å². The summed E-state index contributed by atoms with van der Waals surface area (Å²) in [6, 6.07) is 3.19. The Labute approximate surface area is 115 Å². The summed E-state index contributed by atoms with van der Waals surface area (Å²) in [5.41, 5.74) is -0.296. The molecule has 1 N–H and O–H groups in total. The number of hydrogen-bond donors (Lipinski definition) is 1. The minimum Gasteiger partial charge on any atom is -0.451 e. The van der Waals surface area contributed by atoms with Gasteiger partial charge in [0.25, 0.3) is 5.91 Å². The lowest BCUT2D eigenvalue weighted by molar-refractivity contribution is -0.125. The number of carbonyl (C=O) groups excluding carboxylic acids is 2. The molecule has 0 saturated heterocycles. The van der Waals surface area contributed by atoms with Crippen LogP contribution in [0.5, 0.6) is 0 Å². The van der Waals surface area contributed by atoms with Gasteiger partial charge in [-0.3, -0.25) is 4.79 Å². The van der Waals surface area contributed by atoms with Gasteiger partial charge >= 0.3 is 5.97 Å². The lowest BCUT2D eigenvalue weighted by Gasteiger charge is -2.24. The maximum atomic E-state index is 11.5. The van der Waals surface area contributed by atoms with Crippen LogP contribution in [0, 0.1) is 0 Å². The fourth-order valence-electron chi connectivity index (χ4n) is 1.13. The Hall–Kier alpha value is -1.07. The molecule has 0 fully saturated rings. The van der Waals surface area contributed by atoms with E-state index in [4.69, 9.17) is 16.3 Å². The van der Waals surface area contributed by atoms with Gasteiger partial charge in [0.1, 0.15) is 4.88 Å². The van der Waals surface area contributed by atoms with E-state index in [1.165, 1.54) is 0 Å². The van der Waals surface area contributed by atoms with Gasteiger partial charge in [0.2, 0.25) is 0 Å². The fourth-order valence-corrected chi connectivity index (χ4v) is 2.06. The van der Waals surface area contributed by atoms with Crippen LogP contribution in [0.2, 0.25) is 4.34 Å². The summed E-state index contributed by atoms with van der Waals surface area (Å²) in [7, 11) is 0. The molecule has 6 heteroatoms. The van der Waals surface area contributed by atoms with Crippen molar-refractivity contribution in [3.8, 4) is 0 Å². The molecule has 1 aromatic rings. The Morgan fingerprint density at radius 2 is 2.11 bits per heavy atom. The zero-order chi connectivity index (χ0) is 13.8. The molecule has 0 atom stereocenters. The van der Waals surface area contributed by atoms with Crippen molar-refractivity contribution in [2.24, 2.45) is 0 Å². The number of halogens is 1. The second-order valence-corrected chi connectivity index (χ2v) is 6.18. The van der Waals surface area contributed by atoms with Crippen LogP contribution in [0.1, 0.15) is 36.9 Å². The van der Waals surface area contributed by atoms with Crippen molar-refractivity contribution in [3.05, 3.63) is 21.3 Å². The molecule has 18 heavy (non-hydrogen) atoms. The van der Waals surface area contributed by atoms with Crippen molar-refractivity contribution in [2.45, 2.75) is 32.7 Å². The summed E-state index contributed by atoms with van der Waals surface area (Å²) in [6.45, 7) is 5.51. The van der Waals surface area contributed by atoms with E-state index in [9.17, 15) is 9.59 Å². The van der Waals surface area contributed by atoms with E-state index in [0.29, 0.717) is 9.21 Å². The summed E-state index contributed by atoms with van der Waals surface area (Å²) in [4.78, 5) is 23.5. The average Bonchev–Trinajstić information content (AvgIpc) is 2.72. The molecule has 0 aliphatic heterocycles. The topological polar surface area (TPSA) is 55.4 Å².